The molecule has 0 aliphatic carbocycles. The van der Waals surface area contributed by atoms with Gasteiger partial charge in [0.05, 0.1) is 0 Å². The molecular weight excluding hydrogens is 316 g/mol. The lowest BCUT2D eigenvalue weighted by atomic mass is 10.00. The van der Waals surface area contributed by atoms with E-state index in [1.54, 1.807) is 36.4 Å². The van der Waals surface area contributed by atoms with Gasteiger partial charge >= 0.3 is 0 Å². The molecule has 0 radical (unpaired) electrons. The third-order valence-corrected chi connectivity index (χ3v) is 3.99. The normalized spacial score (nSPS) is 11.8. The Bertz CT molecular complexity index is 932. The monoisotopic (exact) mass is 334 g/mol. The smallest absolute Gasteiger partial charge is 0.257 e. The minimum absolute atomic E-state index is 0.245. The maximum absolute atomic E-state index is 12.4. The Kier molecular flexibility index (Phi) is 4.77. The van der Waals surface area contributed by atoms with Gasteiger partial charge in [-0.25, -0.2) is 0 Å². The second-order valence-electron chi connectivity index (χ2n) is 5.62. The summed E-state index contributed by atoms with van der Waals surface area (Å²) >= 11 is 0. The first-order valence-electron chi connectivity index (χ1n) is 7.89. The molecule has 5 nitrogen and oxygen atoms in total. The number of benzene rings is 3. The van der Waals surface area contributed by atoms with E-state index < -0.39 is 12.0 Å². The van der Waals surface area contributed by atoms with Crippen LogP contribution in [0.15, 0.2) is 66.7 Å². The highest BCUT2D eigenvalue weighted by atomic mass is 16.3. The molecule has 3 N–H and O–H groups in total. The van der Waals surface area contributed by atoms with E-state index in [0.29, 0.717) is 16.8 Å². The summed E-state index contributed by atoms with van der Waals surface area (Å²) in [6.45, 7) is 0. The minimum Gasteiger partial charge on any atom is -0.378 e. The minimum atomic E-state index is -1.31. The maximum Gasteiger partial charge on any atom is 0.257 e. The number of rotatable bonds is 4. The first-order valence-corrected chi connectivity index (χ1v) is 7.89. The van der Waals surface area contributed by atoms with Gasteiger partial charge in [-0.2, -0.15) is 0 Å². The van der Waals surface area contributed by atoms with Crippen molar-refractivity contribution < 1.29 is 14.7 Å². The van der Waals surface area contributed by atoms with Gasteiger partial charge in [0.15, 0.2) is 6.10 Å². The zero-order valence-electron chi connectivity index (χ0n) is 13.7. The zero-order valence-corrected chi connectivity index (χ0v) is 13.7. The molecule has 0 bridgehead atoms. The third kappa shape index (κ3) is 3.51. The molecule has 0 spiro atoms. The molecule has 0 heterocycles. The lowest BCUT2D eigenvalue weighted by Crippen LogP contribution is -2.22. The predicted octanol–water partition coefficient (Wildman–Crippen LogP) is 2.87. The van der Waals surface area contributed by atoms with Crippen molar-refractivity contribution in [2.75, 3.05) is 12.4 Å². The number of carbonyl (C=O) groups is 2. The quantitative estimate of drug-likeness (QED) is 0.686. The van der Waals surface area contributed by atoms with Crippen LogP contribution in [0.25, 0.3) is 10.8 Å². The highest BCUT2D eigenvalue weighted by Gasteiger charge is 2.20. The van der Waals surface area contributed by atoms with Gasteiger partial charge in [0, 0.05) is 18.3 Å². The van der Waals surface area contributed by atoms with Crippen molar-refractivity contribution in [3.8, 4) is 0 Å². The molecule has 0 fully saturated rings. The van der Waals surface area contributed by atoms with Gasteiger partial charge in [0.2, 0.25) is 0 Å². The highest BCUT2D eigenvalue weighted by molar-refractivity contribution is 6.00. The fourth-order valence-corrected chi connectivity index (χ4v) is 2.72. The molecule has 0 saturated carbocycles. The lowest BCUT2D eigenvalue weighted by Gasteiger charge is -2.14. The van der Waals surface area contributed by atoms with Crippen LogP contribution in [-0.2, 0) is 4.79 Å². The number of fused-ring (bicyclic) bond motifs is 1. The molecule has 5 heteroatoms. The molecule has 3 aromatic carbocycles. The van der Waals surface area contributed by atoms with Gasteiger partial charge in [0.25, 0.3) is 11.8 Å². The highest BCUT2D eigenvalue weighted by Crippen LogP contribution is 2.25. The average Bonchev–Trinajstić information content (AvgIpc) is 2.66. The van der Waals surface area contributed by atoms with Crippen LogP contribution in [-0.4, -0.2) is 24.0 Å². The van der Waals surface area contributed by atoms with E-state index in [2.05, 4.69) is 10.6 Å². The van der Waals surface area contributed by atoms with Crippen molar-refractivity contribution >= 4 is 28.3 Å². The summed E-state index contributed by atoms with van der Waals surface area (Å²) < 4.78 is 0. The molecule has 3 rings (SSSR count). The van der Waals surface area contributed by atoms with Crippen LogP contribution in [0.4, 0.5) is 5.69 Å². The Morgan fingerprint density at radius 1 is 0.960 bits per heavy atom. The Morgan fingerprint density at radius 3 is 2.48 bits per heavy atom. The number of aliphatic hydroxyl groups excluding tert-OH is 1. The summed E-state index contributed by atoms with van der Waals surface area (Å²) in [5, 5.41) is 17.4. The molecule has 0 aliphatic rings. The summed E-state index contributed by atoms with van der Waals surface area (Å²) in [6.07, 6.45) is -1.31. The van der Waals surface area contributed by atoms with Crippen LogP contribution in [0.5, 0.6) is 0 Å². The van der Waals surface area contributed by atoms with Crippen LogP contribution in [0.1, 0.15) is 22.0 Å². The number of hydrogen-bond donors (Lipinski definition) is 3. The zero-order chi connectivity index (χ0) is 17.8. The molecule has 126 valence electrons. The Balaban J connectivity index is 1.84. The van der Waals surface area contributed by atoms with Crippen LogP contribution in [0, 0.1) is 0 Å². The molecule has 0 aromatic heterocycles. The number of aliphatic hydroxyl groups is 1. The molecule has 0 saturated heterocycles. The van der Waals surface area contributed by atoms with E-state index in [9.17, 15) is 14.7 Å². The molecule has 2 amide bonds. The Morgan fingerprint density at radius 2 is 1.68 bits per heavy atom. The SMILES string of the molecule is CNC(=O)c1cccc(NC(=O)C(O)c2cccc3ccccc23)c1. The third-order valence-electron chi connectivity index (χ3n) is 3.99. The lowest BCUT2D eigenvalue weighted by molar-refractivity contribution is -0.124. The Labute approximate surface area is 145 Å². The van der Waals surface area contributed by atoms with E-state index in [1.165, 1.54) is 7.05 Å². The van der Waals surface area contributed by atoms with Gasteiger partial charge in [-0.3, -0.25) is 9.59 Å². The van der Waals surface area contributed by atoms with Crippen LogP contribution in [0.2, 0.25) is 0 Å². The number of carbonyl (C=O) groups excluding carboxylic acids is 2. The first kappa shape index (κ1) is 16.7. The van der Waals surface area contributed by atoms with Crippen LogP contribution >= 0.6 is 0 Å². The van der Waals surface area contributed by atoms with E-state index >= 15 is 0 Å². The van der Waals surface area contributed by atoms with Crippen LogP contribution < -0.4 is 10.6 Å². The van der Waals surface area contributed by atoms with Crippen molar-refractivity contribution in [3.63, 3.8) is 0 Å². The maximum atomic E-state index is 12.4. The average molecular weight is 334 g/mol. The topological polar surface area (TPSA) is 78.4 Å². The largest absolute Gasteiger partial charge is 0.378 e. The fraction of sp³-hybridized carbons (Fsp3) is 0.100. The number of amides is 2. The molecular formula is C20H18N2O3. The van der Waals surface area contributed by atoms with Crippen molar-refractivity contribution in [1.82, 2.24) is 5.32 Å². The fourth-order valence-electron chi connectivity index (χ4n) is 2.72. The van der Waals surface area contributed by atoms with E-state index in [1.807, 2.05) is 30.3 Å². The van der Waals surface area contributed by atoms with Crippen molar-refractivity contribution in [3.05, 3.63) is 77.9 Å². The molecule has 1 unspecified atom stereocenters. The molecule has 1 atom stereocenters. The van der Waals surface area contributed by atoms with Crippen molar-refractivity contribution in [2.24, 2.45) is 0 Å². The predicted molar refractivity (Wildman–Crippen MR) is 97.4 cm³/mol. The number of anilines is 1. The number of hydrogen-bond acceptors (Lipinski definition) is 3. The first-order chi connectivity index (χ1) is 12.1. The second-order valence-corrected chi connectivity index (χ2v) is 5.62. The van der Waals surface area contributed by atoms with Crippen LogP contribution in [0.3, 0.4) is 0 Å². The summed E-state index contributed by atoms with van der Waals surface area (Å²) in [5.41, 5.74) is 1.42. The standard InChI is InChI=1S/C20H18N2O3/c1-21-19(24)14-8-4-9-15(12-14)22-20(25)18(23)17-11-5-7-13-6-2-3-10-16(13)17/h2-12,18,23H,1H3,(H,21,24)(H,22,25). The Hall–Kier alpha value is -3.18. The summed E-state index contributed by atoms with van der Waals surface area (Å²) in [6, 6.07) is 19.6. The second kappa shape index (κ2) is 7.15. The number of nitrogens with one attached hydrogen (secondary N) is 2. The summed E-state index contributed by atoms with van der Waals surface area (Å²) in [4.78, 5) is 24.1. The van der Waals surface area contributed by atoms with E-state index in [4.69, 9.17) is 0 Å². The molecule has 3 aromatic rings. The van der Waals surface area contributed by atoms with Gasteiger partial charge in [-0.1, -0.05) is 48.5 Å². The van der Waals surface area contributed by atoms with Crippen molar-refractivity contribution in [2.45, 2.75) is 6.10 Å². The summed E-state index contributed by atoms with van der Waals surface area (Å²) in [7, 11) is 1.54. The van der Waals surface area contributed by atoms with Gasteiger partial charge in [-0.15, -0.1) is 0 Å². The van der Waals surface area contributed by atoms with E-state index in [-0.39, 0.29) is 5.91 Å². The van der Waals surface area contributed by atoms with Gasteiger partial charge in [-0.05, 0) is 34.5 Å². The van der Waals surface area contributed by atoms with Gasteiger partial charge < -0.3 is 15.7 Å². The summed E-state index contributed by atoms with van der Waals surface area (Å²) in [5.74, 6) is -0.795. The van der Waals surface area contributed by atoms with Crippen molar-refractivity contribution in [1.29, 1.82) is 0 Å². The molecule has 0 aliphatic heterocycles. The molecule has 25 heavy (non-hydrogen) atoms. The van der Waals surface area contributed by atoms with Gasteiger partial charge in [0.1, 0.15) is 0 Å². The van der Waals surface area contributed by atoms with E-state index in [0.717, 1.165) is 10.8 Å².